The van der Waals surface area contributed by atoms with E-state index >= 15 is 0 Å². The van der Waals surface area contributed by atoms with E-state index in [4.69, 9.17) is 5.26 Å². The lowest BCUT2D eigenvalue weighted by Gasteiger charge is -2.05. The molecule has 0 saturated heterocycles. The fourth-order valence-corrected chi connectivity index (χ4v) is 1.77. The highest BCUT2D eigenvalue weighted by atomic mass is 79.9. The van der Waals surface area contributed by atoms with E-state index in [0.29, 0.717) is 10.2 Å². The smallest absolute Gasteiger partial charge is 0.239 e. The van der Waals surface area contributed by atoms with E-state index in [2.05, 4.69) is 21.0 Å². The fraction of sp³-hybridized carbons (Fsp3) is 0.0909. The molecule has 0 atom stereocenters. The molecule has 3 nitrogen and oxygen atoms in total. The molecule has 0 aliphatic carbocycles. The molecule has 1 aromatic carbocycles. The number of hydrogen-bond acceptors (Lipinski definition) is 2. The van der Waals surface area contributed by atoms with Crippen LogP contribution in [-0.4, -0.2) is 9.78 Å². The van der Waals surface area contributed by atoms with Gasteiger partial charge in [0.25, 0.3) is 0 Å². The van der Waals surface area contributed by atoms with Crippen LogP contribution < -0.4 is 0 Å². The largest absolute Gasteiger partial charge is 0.435 e. The van der Waals surface area contributed by atoms with Crippen LogP contribution in [0, 0.1) is 11.3 Å². The van der Waals surface area contributed by atoms with E-state index in [0.717, 1.165) is 10.7 Å². The van der Waals surface area contributed by atoms with Crippen molar-refractivity contribution in [2.24, 2.45) is 0 Å². The standard InChI is InChI=1S/C11H5BrF3N3/c12-8-1-2-9(7(5-8)6-16)18-4-3-10(17-18)11(13,14)15/h1-5H. The van der Waals surface area contributed by atoms with Crippen LogP contribution in [0.25, 0.3) is 5.69 Å². The van der Waals surface area contributed by atoms with Gasteiger partial charge in [-0.1, -0.05) is 15.9 Å². The molecule has 0 aliphatic rings. The molecule has 18 heavy (non-hydrogen) atoms. The summed E-state index contributed by atoms with van der Waals surface area (Å²) in [5, 5.41) is 12.4. The number of benzene rings is 1. The summed E-state index contributed by atoms with van der Waals surface area (Å²) in [6.45, 7) is 0. The minimum absolute atomic E-state index is 0.237. The Morgan fingerprint density at radius 1 is 1.28 bits per heavy atom. The summed E-state index contributed by atoms with van der Waals surface area (Å²) in [5.74, 6) is 0. The number of halogens is 4. The summed E-state index contributed by atoms with van der Waals surface area (Å²) in [6, 6.07) is 7.45. The second kappa shape index (κ2) is 4.46. The quantitative estimate of drug-likeness (QED) is 0.808. The third-order valence-corrected chi connectivity index (χ3v) is 2.70. The van der Waals surface area contributed by atoms with Crippen molar-refractivity contribution in [3.8, 4) is 11.8 Å². The Bertz CT molecular complexity index is 625. The molecule has 2 rings (SSSR count). The summed E-state index contributed by atoms with van der Waals surface area (Å²) < 4.78 is 39.0. The van der Waals surface area contributed by atoms with E-state index in [9.17, 15) is 13.2 Å². The average molecular weight is 316 g/mol. The Balaban J connectivity index is 2.50. The molecular weight excluding hydrogens is 311 g/mol. The predicted octanol–water partition coefficient (Wildman–Crippen LogP) is 3.53. The molecule has 7 heteroatoms. The molecule has 0 radical (unpaired) electrons. The van der Waals surface area contributed by atoms with Crippen molar-refractivity contribution in [2.75, 3.05) is 0 Å². The van der Waals surface area contributed by atoms with Crippen molar-refractivity contribution in [3.63, 3.8) is 0 Å². The van der Waals surface area contributed by atoms with Gasteiger partial charge < -0.3 is 0 Å². The SMILES string of the molecule is N#Cc1cc(Br)ccc1-n1ccc(C(F)(F)F)n1. The molecule has 1 aromatic heterocycles. The molecule has 0 fully saturated rings. The van der Waals surface area contributed by atoms with Crippen molar-refractivity contribution >= 4 is 15.9 Å². The first-order valence-corrected chi connectivity index (χ1v) is 5.54. The zero-order valence-corrected chi connectivity index (χ0v) is 10.3. The maximum Gasteiger partial charge on any atom is 0.435 e. The van der Waals surface area contributed by atoms with Crippen LogP contribution >= 0.6 is 15.9 Å². The zero-order valence-electron chi connectivity index (χ0n) is 8.74. The van der Waals surface area contributed by atoms with E-state index in [1.54, 1.807) is 6.07 Å². The average Bonchev–Trinajstić information content (AvgIpc) is 2.77. The molecule has 0 saturated carbocycles. The summed E-state index contributed by atoms with van der Waals surface area (Å²) in [6.07, 6.45) is -3.32. The molecule has 0 N–H and O–H groups in total. The Kier molecular flexibility index (Phi) is 3.13. The lowest BCUT2D eigenvalue weighted by Crippen LogP contribution is -2.07. The number of aromatic nitrogens is 2. The van der Waals surface area contributed by atoms with Gasteiger partial charge in [-0.3, -0.25) is 0 Å². The molecular formula is C11H5BrF3N3. The zero-order chi connectivity index (χ0) is 13.3. The molecule has 0 bridgehead atoms. The van der Waals surface area contributed by atoms with Gasteiger partial charge in [0.15, 0.2) is 5.69 Å². The highest BCUT2D eigenvalue weighted by molar-refractivity contribution is 9.10. The van der Waals surface area contributed by atoms with Crippen molar-refractivity contribution in [1.82, 2.24) is 9.78 Å². The molecule has 0 unspecified atom stereocenters. The summed E-state index contributed by atoms with van der Waals surface area (Å²) >= 11 is 3.19. The summed E-state index contributed by atoms with van der Waals surface area (Å²) in [7, 11) is 0. The number of hydrogen-bond donors (Lipinski definition) is 0. The maximum absolute atomic E-state index is 12.4. The lowest BCUT2D eigenvalue weighted by molar-refractivity contribution is -0.141. The third kappa shape index (κ3) is 2.38. The van der Waals surface area contributed by atoms with Crippen LogP contribution in [0.5, 0.6) is 0 Å². The first kappa shape index (κ1) is 12.6. The predicted molar refractivity (Wildman–Crippen MR) is 61.0 cm³/mol. The second-order valence-electron chi connectivity index (χ2n) is 3.42. The fourth-order valence-electron chi connectivity index (χ4n) is 1.41. The number of alkyl halides is 3. The van der Waals surface area contributed by atoms with Crippen LogP contribution in [-0.2, 0) is 6.18 Å². The van der Waals surface area contributed by atoms with Gasteiger partial charge in [-0.2, -0.15) is 23.5 Å². The number of nitrogens with zero attached hydrogens (tertiary/aromatic N) is 3. The first-order chi connectivity index (χ1) is 8.41. The third-order valence-electron chi connectivity index (χ3n) is 2.21. The first-order valence-electron chi connectivity index (χ1n) is 4.74. The van der Waals surface area contributed by atoms with Crippen LogP contribution in [0.2, 0.25) is 0 Å². The minimum Gasteiger partial charge on any atom is -0.239 e. The molecule has 1 heterocycles. The number of nitriles is 1. The van der Waals surface area contributed by atoms with Crippen LogP contribution in [0.3, 0.4) is 0 Å². The summed E-state index contributed by atoms with van der Waals surface area (Å²) in [4.78, 5) is 0. The second-order valence-corrected chi connectivity index (χ2v) is 4.33. The Hall–Kier alpha value is -1.81. The lowest BCUT2D eigenvalue weighted by atomic mass is 10.2. The highest BCUT2D eigenvalue weighted by Gasteiger charge is 2.33. The van der Waals surface area contributed by atoms with Crippen molar-refractivity contribution in [2.45, 2.75) is 6.18 Å². The van der Waals surface area contributed by atoms with E-state index in [1.165, 1.54) is 18.3 Å². The highest BCUT2D eigenvalue weighted by Crippen LogP contribution is 2.28. The van der Waals surface area contributed by atoms with Gasteiger partial charge in [0.1, 0.15) is 6.07 Å². The van der Waals surface area contributed by atoms with Gasteiger partial charge in [-0.05, 0) is 24.3 Å². The van der Waals surface area contributed by atoms with Crippen molar-refractivity contribution in [1.29, 1.82) is 5.26 Å². The van der Waals surface area contributed by atoms with E-state index in [1.807, 2.05) is 6.07 Å². The van der Waals surface area contributed by atoms with Gasteiger partial charge in [-0.25, -0.2) is 4.68 Å². The topological polar surface area (TPSA) is 41.6 Å². The van der Waals surface area contributed by atoms with Gasteiger partial charge in [0, 0.05) is 10.7 Å². The van der Waals surface area contributed by atoms with Crippen LogP contribution in [0.1, 0.15) is 11.3 Å². The minimum atomic E-state index is -4.49. The molecule has 0 amide bonds. The summed E-state index contributed by atoms with van der Waals surface area (Å²) in [5.41, 5.74) is -0.452. The molecule has 2 aromatic rings. The van der Waals surface area contributed by atoms with Gasteiger partial charge in [0.05, 0.1) is 11.3 Å². The van der Waals surface area contributed by atoms with Crippen molar-refractivity contribution in [3.05, 3.63) is 46.2 Å². The molecule has 92 valence electrons. The molecule has 0 aliphatic heterocycles. The number of rotatable bonds is 1. The Labute approximate surface area is 109 Å². The van der Waals surface area contributed by atoms with Gasteiger partial charge in [-0.15, -0.1) is 0 Å². The van der Waals surface area contributed by atoms with Gasteiger partial charge in [0.2, 0.25) is 0 Å². The van der Waals surface area contributed by atoms with Crippen molar-refractivity contribution < 1.29 is 13.2 Å². The van der Waals surface area contributed by atoms with Gasteiger partial charge >= 0.3 is 6.18 Å². The van der Waals surface area contributed by atoms with E-state index < -0.39 is 11.9 Å². The Morgan fingerprint density at radius 2 is 2.00 bits per heavy atom. The maximum atomic E-state index is 12.4. The monoisotopic (exact) mass is 315 g/mol. The Morgan fingerprint density at radius 3 is 2.56 bits per heavy atom. The van der Waals surface area contributed by atoms with Crippen LogP contribution in [0.4, 0.5) is 13.2 Å². The van der Waals surface area contributed by atoms with E-state index in [-0.39, 0.29) is 5.56 Å². The van der Waals surface area contributed by atoms with Crippen LogP contribution in [0.15, 0.2) is 34.9 Å². The normalized spacial score (nSPS) is 11.3. The molecule has 0 spiro atoms.